The summed E-state index contributed by atoms with van der Waals surface area (Å²) in [6.07, 6.45) is 3.73. The Morgan fingerprint density at radius 1 is 1.12 bits per heavy atom. The number of nitrogens with one attached hydrogen (secondary N) is 1. The van der Waals surface area contributed by atoms with E-state index in [1.54, 1.807) is 20.2 Å². The molecule has 0 unspecified atom stereocenters. The Hall–Kier alpha value is -2.73. The number of hydrogen-bond acceptors (Lipinski definition) is 3. The Balaban J connectivity index is 1.63. The number of amides is 2. The van der Waals surface area contributed by atoms with Crippen LogP contribution in [0, 0.1) is 17.7 Å². The topological polar surface area (TPSA) is 52.7 Å². The second-order valence-electron chi connectivity index (χ2n) is 10.0. The van der Waals surface area contributed by atoms with E-state index in [0.717, 1.165) is 37.8 Å². The zero-order valence-corrected chi connectivity index (χ0v) is 20.7. The van der Waals surface area contributed by atoms with Crippen LogP contribution < -0.4 is 5.32 Å². The van der Waals surface area contributed by atoms with Crippen molar-refractivity contribution < 1.29 is 14.0 Å². The number of piperazine rings is 1. The molecule has 2 atom stereocenters. The van der Waals surface area contributed by atoms with Gasteiger partial charge in [-0.3, -0.25) is 14.5 Å². The molecule has 2 amide bonds. The average Bonchev–Trinajstić information content (AvgIpc) is 3.26. The zero-order chi connectivity index (χ0) is 24.4. The van der Waals surface area contributed by atoms with E-state index >= 15 is 0 Å². The summed E-state index contributed by atoms with van der Waals surface area (Å²) in [7, 11) is 3.35. The fourth-order valence-corrected chi connectivity index (χ4v) is 5.75. The van der Waals surface area contributed by atoms with Gasteiger partial charge in [0, 0.05) is 38.8 Å². The molecule has 2 aromatic rings. The van der Waals surface area contributed by atoms with Gasteiger partial charge in [0.25, 0.3) is 5.91 Å². The van der Waals surface area contributed by atoms with Crippen LogP contribution in [0.3, 0.4) is 0 Å². The molecule has 2 aromatic carbocycles. The second-order valence-corrected chi connectivity index (χ2v) is 10.0. The van der Waals surface area contributed by atoms with E-state index in [2.05, 4.69) is 48.3 Å². The molecule has 1 fully saturated rings. The van der Waals surface area contributed by atoms with Gasteiger partial charge in [0.2, 0.25) is 5.91 Å². The minimum Gasteiger partial charge on any atom is -0.350 e. The number of carbonyl (C=O) groups excluding carboxylic acids is 2. The van der Waals surface area contributed by atoms with Crippen molar-refractivity contribution in [3.05, 3.63) is 70.5 Å². The number of carbonyl (C=O) groups is 2. The van der Waals surface area contributed by atoms with Gasteiger partial charge in [0.15, 0.2) is 0 Å². The van der Waals surface area contributed by atoms with Crippen LogP contribution in [0.2, 0.25) is 0 Å². The molecule has 0 radical (unpaired) electrons. The molecule has 4 rings (SSSR count). The van der Waals surface area contributed by atoms with E-state index in [1.807, 2.05) is 0 Å². The van der Waals surface area contributed by atoms with Gasteiger partial charge in [-0.15, -0.1) is 0 Å². The molecule has 0 saturated carbocycles. The molecule has 1 aliphatic carbocycles. The molecule has 1 N–H and O–H groups in total. The summed E-state index contributed by atoms with van der Waals surface area (Å²) in [6, 6.07) is 12.7. The number of fused-ring (bicyclic) bond motifs is 1. The van der Waals surface area contributed by atoms with Gasteiger partial charge >= 0.3 is 0 Å². The van der Waals surface area contributed by atoms with Crippen LogP contribution in [0.1, 0.15) is 53.7 Å². The molecule has 182 valence electrons. The predicted octanol–water partition coefficient (Wildman–Crippen LogP) is 4.05. The minimum atomic E-state index is -0.427. The molecule has 34 heavy (non-hydrogen) atoms. The Kier molecular flexibility index (Phi) is 7.36. The number of benzene rings is 2. The maximum absolute atomic E-state index is 14.1. The average molecular weight is 466 g/mol. The summed E-state index contributed by atoms with van der Waals surface area (Å²) < 4.78 is 14.1. The van der Waals surface area contributed by atoms with Crippen LogP contribution in [-0.2, 0) is 24.2 Å². The lowest BCUT2D eigenvalue weighted by molar-refractivity contribution is -0.134. The maximum Gasteiger partial charge on any atom is 0.253 e. The molecular weight excluding hydrogens is 429 g/mol. The summed E-state index contributed by atoms with van der Waals surface area (Å²) in [4.78, 5) is 30.0. The van der Waals surface area contributed by atoms with E-state index < -0.39 is 5.82 Å². The smallest absolute Gasteiger partial charge is 0.253 e. The van der Waals surface area contributed by atoms with Crippen LogP contribution in [0.4, 0.5) is 4.39 Å². The summed E-state index contributed by atoms with van der Waals surface area (Å²) >= 11 is 0. The molecule has 1 heterocycles. The largest absolute Gasteiger partial charge is 0.350 e. The van der Waals surface area contributed by atoms with E-state index in [4.69, 9.17) is 0 Å². The number of hydrogen-bond donors (Lipinski definition) is 1. The Labute approximate surface area is 202 Å². The highest BCUT2D eigenvalue weighted by molar-refractivity contribution is 5.95. The van der Waals surface area contributed by atoms with E-state index in [1.165, 1.54) is 28.2 Å². The van der Waals surface area contributed by atoms with Gasteiger partial charge in [0.1, 0.15) is 5.82 Å². The fraction of sp³-hybridized carbons (Fsp3) is 0.500. The third-order valence-corrected chi connectivity index (χ3v) is 7.65. The molecule has 1 aliphatic heterocycles. The van der Waals surface area contributed by atoms with Crippen molar-refractivity contribution in [2.24, 2.45) is 11.8 Å². The normalized spacial score (nSPS) is 20.9. The van der Waals surface area contributed by atoms with Crippen molar-refractivity contribution in [3.8, 4) is 0 Å². The highest BCUT2D eigenvalue weighted by atomic mass is 19.1. The summed E-state index contributed by atoms with van der Waals surface area (Å²) in [6.45, 7) is 5.41. The zero-order valence-electron chi connectivity index (χ0n) is 20.7. The lowest BCUT2D eigenvalue weighted by Gasteiger charge is -2.44. The quantitative estimate of drug-likeness (QED) is 0.671. The molecule has 0 spiro atoms. The summed E-state index contributed by atoms with van der Waals surface area (Å²) in [5.41, 5.74) is 3.86. The highest BCUT2D eigenvalue weighted by Gasteiger charge is 2.42. The number of nitrogens with zero attached hydrogens (tertiary/aromatic N) is 2. The molecule has 0 aromatic heterocycles. The predicted molar refractivity (Wildman–Crippen MR) is 132 cm³/mol. The fourth-order valence-electron chi connectivity index (χ4n) is 5.75. The second kappa shape index (κ2) is 10.3. The van der Waals surface area contributed by atoms with Gasteiger partial charge in [-0.25, -0.2) is 4.39 Å². The van der Waals surface area contributed by atoms with E-state index in [9.17, 15) is 14.0 Å². The lowest BCUT2D eigenvalue weighted by atomic mass is 9.86. The van der Waals surface area contributed by atoms with E-state index in [-0.39, 0.29) is 29.8 Å². The van der Waals surface area contributed by atoms with Crippen molar-refractivity contribution in [2.75, 3.05) is 20.6 Å². The monoisotopic (exact) mass is 465 g/mol. The molecule has 2 aliphatic rings. The third kappa shape index (κ3) is 4.88. The first-order valence-corrected chi connectivity index (χ1v) is 12.4. The van der Waals surface area contributed by atoms with Gasteiger partial charge in [-0.1, -0.05) is 57.0 Å². The number of rotatable bonds is 7. The van der Waals surface area contributed by atoms with Crippen LogP contribution in [0.15, 0.2) is 42.5 Å². The minimum absolute atomic E-state index is 0.0407. The van der Waals surface area contributed by atoms with Gasteiger partial charge in [0.05, 0.1) is 6.04 Å². The first kappa shape index (κ1) is 24.4. The van der Waals surface area contributed by atoms with Gasteiger partial charge in [-0.2, -0.15) is 0 Å². The van der Waals surface area contributed by atoms with E-state index in [0.29, 0.717) is 18.0 Å². The van der Waals surface area contributed by atoms with Crippen molar-refractivity contribution in [2.45, 2.75) is 58.2 Å². The third-order valence-electron chi connectivity index (χ3n) is 7.65. The first-order chi connectivity index (χ1) is 16.3. The highest BCUT2D eigenvalue weighted by Crippen LogP contribution is 2.33. The molecule has 6 heteroatoms. The standard InChI is InChI=1S/C28H36FN3O2/c1-5-18(6-2)26-27(33)30-25(22-13-19-9-7-8-10-20(19)14-22)17-32(26)16-21-11-12-23(29)15-24(21)28(34)31(3)4/h7-12,15,18,22,25-26H,5-6,13-14,16-17H2,1-4H3,(H,30,33)/t25-,26+/m0/s1. The van der Waals surface area contributed by atoms with Crippen molar-refractivity contribution in [1.82, 2.24) is 15.1 Å². The van der Waals surface area contributed by atoms with Crippen molar-refractivity contribution >= 4 is 11.8 Å². The SMILES string of the molecule is CCC(CC)[C@@H]1C(=O)N[C@H](C2Cc3ccccc3C2)CN1Cc1ccc(F)cc1C(=O)N(C)C. The molecule has 1 saturated heterocycles. The Bertz CT molecular complexity index is 1020. The first-order valence-electron chi connectivity index (χ1n) is 12.4. The summed E-state index contributed by atoms with van der Waals surface area (Å²) in [5, 5.41) is 3.36. The van der Waals surface area contributed by atoms with Crippen molar-refractivity contribution in [3.63, 3.8) is 0 Å². The van der Waals surface area contributed by atoms with Crippen LogP contribution in [-0.4, -0.2) is 54.3 Å². The van der Waals surface area contributed by atoms with Gasteiger partial charge in [-0.05, 0) is 53.5 Å². The molecule has 0 bridgehead atoms. The van der Waals surface area contributed by atoms with Crippen LogP contribution >= 0.6 is 0 Å². The Morgan fingerprint density at radius 2 is 1.76 bits per heavy atom. The van der Waals surface area contributed by atoms with Crippen molar-refractivity contribution in [1.29, 1.82) is 0 Å². The molecular formula is C28H36FN3O2. The number of halogens is 1. The molecule has 5 nitrogen and oxygen atoms in total. The Morgan fingerprint density at radius 3 is 2.35 bits per heavy atom. The van der Waals surface area contributed by atoms with Crippen LogP contribution in [0.5, 0.6) is 0 Å². The maximum atomic E-state index is 14.1. The lowest BCUT2D eigenvalue weighted by Crippen LogP contribution is -2.63. The summed E-state index contributed by atoms with van der Waals surface area (Å²) in [5.74, 6) is -0.0115. The van der Waals surface area contributed by atoms with Crippen LogP contribution in [0.25, 0.3) is 0 Å². The van der Waals surface area contributed by atoms with Gasteiger partial charge < -0.3 is 10.2 Å².